The van der Waals surface area contributed by atoms with Crippen molar-refractivity contribution < 1.29 is 31.1 Å². The largest absolute Gasteiger partial charge is 0.433 e. The number of allylic oxidation sites excluding steroid dienone is 2. The fraction of sp³-hybridized carbons (Fsp3) is 0.375. The minimum absolute atomic E-state index is 0.0831. The number of alkyl halides is 6. The zero-order valence-electron chi connectivity index (χ0n) is 19.5. The minimum Gasteiger partial charge on any atom is -0.346 e. The van der Waals surface area contributed by atoms with Gasteiger partial charge in [-0.3, -0.25) is 14.8 Å². The molecule has 0 aliphatic rings. The number of aromatic nitrogens is 2. The lowest BCUT2D eigenvalue weighted by molar-refractivity contribution is -0.141. The Morgan fingerprint density at radius 2 is 1.65 bits per heavy atom. The molecule has 2 aromatic rings. The van der Waals surface area contributed by atoms with Crippen LogP contribution in [0.5, 0.6) is 0 Å². The van der Waals surface area contributed by atoms with Crippen molar-refractivity contribution in [3.05, 3.63) is 71.7 Å². The summed E-state index contributed by atoms with van der Waals surface area (Å²) in [6.07, 6.45) is -6.11. The maximum absolute atomic E-state index is 12.8. The first-order valence-electron chi connectivity index (χ1n) is 10.5. The first kappa shape index (κ1) is 28.9. The van der Waals surface area contributed by atoms with E-state index in [1.54, 1.807) is 26.8 Å². The second-order valence-corrected chi connectivity index (χ2v) is 7.38. The molecule has 0 unspecified atom stereocenters. The normalized spacial score (nSPS) is 13.1. The highest BCUT2D eigenvalue weighted by Crippen LogP contribution is 2.30. The van der Waals surface area contributed by atoms with Gasteiger partial charge in [0.25, 0.3) is 0 Å². The summed E-state index contributed by atoms with van der Waals surface area (Å²) in [5.41, 5.74) is -1.26. The molecule has 0 aromatic carbocycles. The van der Waals surface area contributed by atoms with Crippen LogP contribution in [0.15, 0.2) is 60.5 Å². The standard InChI is InChI=1S/C22H21F6N3O.C2H6/c1-12(2)17(9-13(3)21(23,24)25)20(32)31-14(4)16-5-6-18(30-11-16)15-7-8-29-19(10-15)22(26,27)28;1-2/h5-12,14H,3H2,1-2,4H3,(H,31,32);1-2H3/b17-9+;/t14-;/m1./s1. The molecule has 0 bridgehead atoms. The van der Waals surface area contributed by atoms with Gasteiger partial charge in [-0.15, -0.1) is 0 Å². The summed E-state index contributed by atoms with van der Waals surface area (Å²) in [4.78, 5) is 20.0. The Balaban J connectivity index is 0.00000281. The molecule has 0 spiro atoms. The molecular weight excluding hydrogens is 460 g/mol. The lowest BCUT2D eigenvalue weighted by Crippen LogP contribution is -2.30. The van der Waals surface area contributed by atoms with Crippen molar-refractivity contribution in [2.75, 3.05) is 0 Å². The van der Waals surface area contributed by atoms with Gasteiger partial charge in [0, 0.05) is 29.1 Å². The molecule has 1 amide bonds. The van der Waals surface area contributed by atoms with Crippen molar-refractivity contribution >= 4 is 5.91 Å². The smallest absolute Gasteiger partial charge is 0.346 e. The molecule has 1 N–H and O–H groups in total. The van der Waals surface area contributed by atoms with Crippen LogP contribution in [0, 0.1) is 5.92 Å². The van der Waals surface area contributed by atoms with Crippen molar-refractivity contribution in [1.82, 2.24) is 15.3 Å². The summed E-state index contributed by atoms with van der Waals surface area (Å²) in [6.45, 7) is 11.7. The van der Waals surface area contributed by atoms with Crippen molar-refractivity contribution in [2.45, 2.75) is 53.0 Å². The average molecular weight is 487 g/mol. The summed E-state index contributed by atoms with van der Waals surface area (Å²) in [7, 11) is 0. The number of amides is 1. The molecule has 0 saturated heterocycles. The molecule has 4 nitrogen and oxygen atoms in total. The fourth-order valence-electron chi connectivity index (χ4n) is 2.70. The van der Waals surface area contributed by atoms with Gasteiger partial charge in [0.2, 0.25) is 5.91 Å². The van der Waals surface area contributed by atoms with Crippen LogP contribution in [0.25, 0.3) is 11.3 Å². The summed E-state index contributed by atoms with van der Waals surface area (Å²) in [5.74, 6) is -1.18. The van der Waals surface area contributed by atoms with Crippen molar-refractivity contribution in [1.29, 1.82) is 0 Å². The number of pyridine rings is 2. The van der Waals surface area contributed by atoms with Gasteiger partial charge in [-0.1, -0.05) is 40.3 Å². The Labute approximate surface area is 194 Å². The second-order valence-electron chi connectivity index (χ2n) is 7.38. The number of hydrogen-bond acceptors (Lipinski definition) is 3. The zero-order chi connectivity index (χ0) is 26.3. The Morgan fingerprint density at radius 3 is 2.12 bits per heavy atom. The summed E-state index contributed by atoms with van der Waals surface area (Å²) < 4.78 is 76.9. The van der Waals surface area contributed by atoms with Gasteiger partial charge in [0.15, 0.2) is 0 Å². The zero-order valence-corrected chi connectivity index (χ0v) is 19.5. The average Bonchev–Trinajstić information content (AvgIpc) is 2.77. The summed E-state index contributed by atoms with van der Waals surface area (Å²) in [6, 6.07) is 4.69. The number of carbonyl (C=O) groups excluding carboxylic acids is 1. The molecule has 0 aliphatic heterocycles. The Kier molecular flexibility index (Phi) is 10.0. The highest BCUT2D eigenvalue weighted by molar-refractivity contribution is 5.94. The number of rotatable bonds is 6. The quantitative estimate of drug-likeness (QED) is 0.269. The maximum Gasteiger partial charge on any atom is 0.433 e. The number of nitrogens with zero attached hydrogens (tertiary/aromatic N) is 2. The van der Waals surface area contributed by atoms with E-state index in [4.69, 9.17) is 0 Å². The molecule has 0 radical (unpaired) electrons. The highest BCUT2D eigenvalue weighted by atomic mass is 19.4. The van der Waals surface area contributed by atoms with Crippen LogP contribution in [0.1, 0.15) is 51.9 Å². The molecule has 2 heterocycles. The topological polar surface area (TPSA) is 54.9 Å². The fourth-order valence-corrected chi connectivity index (χ4v) is 2.70. The van der Waals surface area contributed by atoms with Crippen LogP contribution in [0.4, 0.5) is 26.3 Å². The van der Waals surface area contributed by atoms with E-state index in [1.165, 1.54) is 18.3 Å². The minimum atomic E-state index is -4.65. The number of carbonyl (C=O) groups is 1. The van der Waals surface area contributed by atoms with Crippen LogP contribution in [0.2, 0.25) is 0 Å². The van der Waals surface area contributed by atoms with Crippen LogP contribution in [0.3, 0.4) is 0 Å². The molecule has 10 heteroatoms. The van der Waals surface area contributed by atoms with Crippen LogP contribution in [-0.2, 0) is 11.0 Å². The molecule has 2 rings (SSSR count). The third kappa shape index (κ3) is 8.00. The van der Waals surface area contributed by atoms with Crippen LogP contribution < -0.4 is 5.32 Å². The van der Waals surface area contributed by atoms with E-state index in [-0.39, 0.29) is 16.8 Å². The van der Waals surface area contributed by atoms with Gasteiger partial charge >= 0.3 is 12.4 Å². The SMILES string of the molecule is C=C(/C=C(/C(=O)N[C@H](C)c1ccc(-c2ccnc(C(F)(F)F)c2)nc1)C(C)C)C(F)(F)F.CC. The van der Waals surface area contributed by atoms with E-state index in [0.717, 1.165) is 18.3 Å². The van der Waals surface area contributed by atoms with Crippen LogP contribution in [-0.4, -0.2) is 22.1 Å². The highest BCUT2D eigenvalue weighted by Gasteiger charge is 2.33. The molecule has 0 aliphatic carbocycles. The number of nitrogens with one attached hydrogen (secondary N) is 1. The van der Waals surface area contributed by atoms with E-state index in [2.05, 4.69) is 21.9 Å². The molecule has 34 heavy (non-hydrogen) atoms. The predicted molar refractivity (Wildman–Crippen MR) is 118 cm³/mol. The van der Waals surface area contributed by atoms with Crippen molar-refractivity contribution in [3.63, 3.8) is 0 Å². The molecular formula is C24H27F6N3O. The van der Waals surface area contributed by atoms with E-state index in [1.807, 2.05) is 13.8 Å². The monoisotopic (exact) mass is 487 g/mol. The van der Waals surface area contributed by atoms with E-state index in [9.17, 15) is 31.1 Å². The third-order valence-corrected chi connectivity index (χ3v) is 4.56. The van der Waals surface area contributed by atoms with Gasteiger partial charge in [-0.2, -0.15) is 26.3 Å². The van der Waals surface area contributed by atoms with Gasteiger partial charge < -0.3 is 5.32 Å². The van der Waals surface area contributed by atoms with Crippen molar-refractivity contribution in [2.24, 2.45) is 5.92 Å². The van der Waals surface area contributed by atoms with Crippen LogP contribution >= 0.6 is 0 Å². The second kappa shape index (κ2) is 11.8. The van der Waals surface area contributed by atoms with Gasteiger partial charge in [0.1, 0.15) is 5.69 Å². The Bertz CT molecular complexity index is 1010. The van der Waals surface area contributed by atoms with Gasteiger partial charge in [-0.25, -0.2) is 0 Å². The Hall–Kier alpha value is -3.17. The Morgan fingerprint density at radius 1 is 1.03 bits per heavy atom. The molecule has 1 atom stereocenters. The number of halogens is 6. The first-order chi connectivity index (χ1) is 15.7. The third-order valence-electron chi connectivity index (χ3n) is 4.56. The van der Waals surface area contributed by atoms with E-state index in [0.29, 0.717) is 5.56 Å². The van der Waals surface area contributed by atoms with Gasteiger partial charge in [0.05, 0.1) is 11.7 Å². The van der Waals surface area contributed by atoms with Gasteiger partial charge in [-0.05, 0) is 42.7 Å². The molecule has 2 aromatic heterocycles. The number of hydrogen-bond donors (Lipinski definition) is 1. The molecule has 0 saturated carbocycles. The lowest BCUT2D eigenvalue weighted by atomic mass is 9.99. The lowest BCUT2D eigenvalue weighted by Gasteiger charge is -2.18. The van der Waals surface area contributed by atoms with E-state index < -0.39 is 41.5 Å². The van der Waals surface area contributed by atoms with E-state index >= 15 is 0 Å². The molecule has 0 fully saturated rings. The summed E-state index contributed by atoms with van der Waals surface area (Å²) in [5, 5.41) is 2.61. The first-order valence-corrected chi connectivity index (χ1v) is 10.5. The van der Waals surface area contributed by atoms with Crippen molar-refractivity contribution in [3.8, 4) is 11.3 Å². The predicted octanol–water partition coefficient (Wildman–Crippen LogP) is 7.07. The maximum atomic E-state index is 12.8. The summed E-state index contributed by atoms with van der Waals surface area (Å²) >= 11 is 0. The molecule has 186 valence electrons.